The minimum absolute atomic E-state index is 0.0576. The van der Waals surface area contributed by atoms with E-state index in [9.17, 15) is 22.0 Å². The predicted octanol–water partition coefficient (Wildman–Crippen LogP) is 2.50. The van der Waals surface area contributed by atoms with Crippen molar-refractivity contribution in [1.29, 1.82) is 0 Å². The summed E-state index contributed by atoms with van der Waals surface area (Å²) in [6, 6.07) is 8.99. The van der Waals surface area contributed by atoms with E-state index in [1.54, 1.807) is 6.92 Å². The van der Waals surface area contributed by atoms with Gasteiger partial charge >= 0.3 is 0 Å². The van der Waals surface area contributed by atoms with Crippen LogP contribution in [-0.4, -0.2) is 39.3 Å². The summed E-state index contributed by atoms with van der Waals surface area (Å²) in [6.07, 6.45) is 0. The van der Waals surface area contributed by atoms with Gasteiger partial charge in [0.2, 0.25) is 15.9 Å². The molecule has 0 aromatic heterocycles. The first kappa shape index (κ1) is 20.9. The molecule has 0 bridgehead atoms. The summed E-state index contributed by atoms with van der Waals surface area (Å²) >= 11 is 0. The van der Waals surface area contributed by atoms with Gasteiger partial charge in [0, 0.05) is 25.8 Å². The molecular formula is C18H21F2N3O3S. The number of nitrogens with zero attached hydrogens (tertiary/aromatic N) is 1. The second-order valence-electron chi connectivity index (χ2n) is 6.14. The smallest absolute Gasteiger partial charge is 0.242 e. The summed E-state index contributed by atoms with van der Waals surface area (Å²) in [4.78, 5) is 12.1. The van der Waals surface area contributed by atoms with Crippen LogP contribution >= 0.6 is 0 Å². The summed E-state index contributed by atoms with van der Waals surface area (Å²) in [5, 5.41) is 5.55. The lowest BCUT2D eigenvalue weighted by atomic mass is 10.1. The number of benzene rings is 2. The molecule has 0 heterocycles. The first-order chi connectivity index (χ1) is 12.6. The zero-order valence-electron chi connectivity index (χ0n) is 15.2. The Labute approximate surface area is 157 Å². The molecule has 1 atom stereocenters. The van der Waals surface area contributed by atoms with Gasteiger partial charge in [-0.15, -0.1) is 0 Å². The van der Waals surface area contributed by atoms with Gasteiger partial charge in [-0.2, -0.15) is 0 Å². The van der Waals surface area contributed by atoms with Crippen molar-refractivity contribution in [2.75, 3.05) is 26.0 Å². The SMILES string of the molecule is C[C@@H](NCC(=O)Nc1ccc(S(=O)(=O)N(C)C)cc1)c1ccc(F)c(F)c1. The van der Waals surface area contributed by atoms with Crippen LogP contribution in [0.25, 0.3) is 0 Å². The van der Waals surface area contributed by atoms with Crippen molar-refractivity contribution in [3.8, 4) is 0 Å². The van der Waals surface area contributed by atoms with Gasteiger partial charge in [-0.3, -0.25) is 4.79 Å². The van der Waals surface area contributed by atoms with E-state index in [-0.39, 0.29) is 23.4 Å². The highest BCUT2D eigenvalue weighted by Gasteiger charge is 2.17. The molecule has 6 nitrogen and oxygen atoms in total. The third-order valence-corrected chi connectivity index (χ3v) is 5.76. The number of carbonyl (C=O) groups is 1. The molecule has 9 heteroatoms. The van der Waals surface area contributed by atoms with Crippen LogP contribution in [0.3, 0.4) is 0 Å². The molecule has 27 heavy (non-hydrogen) atoms. The van der Waals surface area contributed by atoms with Gasteiger partial charge in [-0.1, -0.05) is 6.07 Å². The Hall–Kier alpha value is -2.36. The van der Waals surface area contributed by atoms with E-state index >= 15 is 0 Å². The topological polar surface area (TPSA) is 78.5 Å². The second-order valence-corrected chi connectivity index (χ2v) is 8.29. The number of halogens is 2. The molecule has 2 aromatic rings. The van der Waals surface area contributed by atoms with Gasteiger partial charge < -0.3 is 10.6 Å². The maximum atomic E-state index is 13.3. The van der Waals surface area contributed by atoms with Gasteiger partial charge in [-0.25, -0.2) is 21.5 Å². The number of sulfonamides is 1. The lowest BCUT2D eigenvalue weighted by Gasteiger charge is -2.15. The summed E-state index contributed by atoms with van der Waals surface area (Å²) in [6.45, 7) is 1.67. The van der Waals surface area contributed by atoms with Crippen molar-refractivity contribution in [3.05, 3.63) is 59.7 Å². The number of carbonyl (C=O) groups excluding carboxylic acids is 1. The fourth-order valence-electron chi connectivity index (χ4n) is 2.27. The molecule has 0 saturated heterocycles. The third-order valence-electron chi connectivity index (χ3n) is 3.93. The zero-order chi connectivity index (χ0) is 20.2. The first-order valence-electron chi connectivity index (χ1n) is 8.12. The van der Waals surface area contributed by atoms with E-state index in [1.807, 2.05) is 0 Å². The Bertz CT molecular complexity index is 916. The zero-order valence-corrected chi connectivity index (χ0v) is 16.0. The molecule has 2 aromatic carbocycles. The standard InChI is InChI=1S/C18H21F2N3O3S/c1-12(13-4-9-16(19)17(20)10-13)21-11-18(24)22-14-5-7-15(8-6-14)27(25,26)23(2)3/h4-10,12,21H,11H2,1-3H3,(H,22,24)/t12-/m1/s1. The molecule has 1 amide bonds. The first-order valence-corrected chi connectivity index (χ1v) is 9.56. The van der Waals surface area contributed by atoms with Gasteiger partial charge in [0.1, 0.15) is 0 Å². The van der Waals surface area contributed by atoms with E-state index in [0.717, 1.165) is 16.4 Å². The molecule has 0 unspecified atom stereocenters. The fourth-order valence-corrected chi connectivity index (χ4v) is 3.17. The number of amides is 1. The Balaban J connectivity index is 1.93. The van der Waals surface area contributed by atoms with Gasteiger partial charge in [0.25, 0.3) is 0 Å². The molecule has 146 valence electrons. The van der Waals surface area contributed by atoms with Crippen molar-refractivity contribution in [2.24, 2.45) is 0 Å². The summed E-state index contributed by atoms with van der Waals surface area (Å²) < 4.78 is 51.3. The van der Waals surface area contributed by atoms with Crippen LogP contribution in [0.15, 0.2) is 47.4 Å². The second kappa shape index (κ2) is 8.55. The monoisotopic (exact) mass is 397 g/mol. The highest BCUT2D eigenvalue weighted by Crippen LogP contribution is 2.17. The highest BCUT2D eigenvalue weighted by molar-refractivity contribution is 7.89. The van der Waals surface area contributed by atoms with Crippen molar-refractivity contribution in [1.82, 2.24) is 9.62 Å². The maximum Gasteiger partial charge on any atom is 0.242 e. The molecular weight excluding hydrogens is 376 g/mol. The van der Waals surface area contributed by atoms with E-state index in [1.165, 1.54) is 44.4 Å². The Morgan fingerprint density at radius 3 is 2.26 bits per heavy atom. The molecule has 0 radical (unpaired) electrons. The van der Waals surface area contributed by atoms with Crippen LogP contribution in [0, 0.1) is 11.6 Å². The third kappa shape index (κ3) is 5.31. The Morgan fingerprint density at radius 1 is 1.07 bits per heavy atom. The highest BCUT2D eigenvalue weighted by atomic mass is 32.2. The molecule has 0 saturated carbocycles. The lowest BCUT2D eigenvalue weighted by Crippen LogP contribution is -2.30. The van der Waals surface area contributed by atoms with Crippen LogP contribution in [0.5, 0.6) is 0 Å². The summed E-state index contributed by atoms with van der Waals surface area (Å²) in [7, 11) is -0.659. The average Bonchev–Trinajstić information content (AvgIpc) is 2.62. The molecule has 2 rings (SSSR count). The number of nitrogens with one attached hydrogen (secondary N) is 2. The van der Waals surface area contributed by atoms with Crippen molar-refractivity contribution in [2.45, 2.75) is 17.9 Å². The number of hydrogen-bond acceptors (Lipinski definition) is 4. The molecule has 2 N–H and O–H groups in total. The van der Waals surface area contributed by atoms with Gasteiger partial charge in [-0.05, 0) is 48.9 Å². The quantitative estimate of drug-likeness (QED) is 0.753. The van der Waals surface area contributed by atoms with Gasteiger partial charge in [0.05, 0.1) is 11.4 Å². The molecule has 0 aliphatic rings. The summed E-state index contributed by atoms with van der Waals surface area (Å²) in [5.41, 5.74) is 0.958. The molecule has 0 spiro atoms. The van der Waals surface area contributed by atoms with E-state index in [4.69, 9.17) is 0 Å². The van der Waals surface area contributed by atoms with E-state index < -0.39 is 21.7 Å². The van der Waals surface area contributed by atoms with Crippen LogP contribution in [0.1, 0.15) is 18.5 Å². The number of anilines is 1. The number of hydrogen-bond donors (Lipinski definition) is 2. The van der Waals surface area contributed by atoms with Crippen molar-refractivity contribution < 1.29 is 22.0 Å². The fraction of sp³-hybridized carbons (Fsp3) is 0.278. The minimum atomic E-state index is -3.53. The van der Waals surface area contributed by atoms with Crippen molar-refractivity contribution in [3.63, 3.8) is 0 Å². The lowest BCUT2D eigenvalue weighted by molar-refractivity contribution is -0.115. The Morgan fingerprint density at radius 2 is 1.70 bits per heavy atom. The van der Waals surface area contributed by atoms with Crippen LogP contribution in [0.4, 0.5) is 14.5 Å². The minimum Gasteiger partial charge on any atom is -0.325 e. The predicted molar refractivity (Wildman–Crippen MR) is 98.7 cm³/mol. The van der Waals surface area contributed by atoms with E-state index in [0.29, 0.717) is 11.3 Å². The van der Waals surface area contributed by atoms with Crippen LogP contribution < -0.4 is 10.6 Å². The van der Waals surface area contributed by atoms with E-state index in [2.05, 4.69) is 10.6 Å². The van der Waals surface area contributed by atoms with Crippen molar-refractivity contribution >= 4 is 21.6 Å². The van der Waals surface area contributed by atoms with Gasteiger partial charge in [0.15, 0.2) is 11.6 Å². The Kier molecular flexibility index (Phi) is 6.63. The maximum absolute atomic E-state index is 13.3. The molecule has 0 aliphatic carbocycles. The van der Waals surface area contributed by atoms with Crippen LogP contribution in [0.2, 0.25) is 0 Å². The molecule has 0 fully saturated rings. The molecule has 0 aliphatic heterocycles. The largest absolute Gasteiger partial charge is 0.325 e. The number of rotatable bonds is 7. The van der Waals surface area contributed by atoms with Crippen LogP contribution in [-0.2, 0) is 14.8 Å². The normalized spacial score (nSPS) is 12.8. The summed E-state index contributed by atoms with van der Waals surface area (Å²) in [5.74, 6) is -2.23. The average molecular weight is 397 g/mol.